The number of hydrogen-bond acceptors (Lipinski definition) is 4. The van der Waals surface area contributed by atoms with Crippen LogP contribution < -0.4 is 4.74 Å². The summed E-state index contributed by atoms with van der Waals surface area (Å²) < 4.78 is 7.91. The molecule has 1 aliphatic heterocycles. The minimum atomic E-state index is -0.958. The van der Waals surface area contributed by atoms with Gasteiger partial charge in [-0.25, -0.2) is 9.78 Å². The van der Waals surface area contributed by atoms with E-state index in [1.54, 1.807) is 24.3 Å². The van der Waals surface area contributed by atoms with Gasteiger partial charge < -0.3 is 14.4 Å². The Hall–Kier alpha value is -2.34. The van der Waals surface area contributed by atoms with Crippen LogP contribution >= 0.6 is 0 Å². The van der Waals surface area contributed by atoms with Crippen LogP contribution in [0.15, 0.2) is 36.7 Å². The van der Waals surface area contributed by atoms with Gasteiger partial charge in [-0.2, -0.15) is 0 Å². The molecule has 128 valence electrons. The third kappa shape index (κ3) is 3.76. The summed E-state index contributed by atoms with van der Waals surface area (Å²) in [6, 6.07) is 7.26. The van der Waals surface area contributed by atoms with E-state index in [4.69, 9.17) is 4.74 Å². The van der Waals surface area contributed by atoms with Crippen molar-refractivity contribution in [3.63, 3.8) is 0 Å². The number of carbonyl (C=O) groups is 1. The van der Waals surface area contributed by atoms with Crippen molar-refractivity contribution >= 4 is 5.97 Å². The van der Waals surface area contributed by atoms with Crippen LogP contribution in [0, 0.1) is 6.92 Å². The monoisotopic (exact) mass is 329 g/mol. The third-order valence-corrected chi connectivity index (χ3v) is 4.58. The van der Waals surface area contributed by atoms with Crippen molar-refractivity contribution in [1.29, 1.82) is 0 Å². The highest BCUT2D eigenvalue weighted by atomic mass is 16.5. The van der Waals surface area contributed by atoms with E-state index >= 15 is 0 Å². The fourth-order valence-corrected chi connectivity index (χ4v) is 3.26. The predicted molar refractivity (Wildman–Crippen MR) is 90.5 cm³/mol. The van der Waals surface area contributed by atoms with Crippen molar-refractivity contribution in [1.82, 2.24) is 14.5 Å². The average Bonchev–Trinajstić information content (AvgIpc) is 3.18. The highest BCUT2D eigenvalue weighted by molar-refractivity contribution is 5.90. The minimum Gasteiger partial charge on any atom is -0.491 e. The summed E-state index contributed by atoms with van der Waals surface area (Å²) in [4.78, 5) is 17.9. The fraction of sp³-hybridized carbons (Fsp3) is 0.444. The zero-order valence-corrected chi connectivity index (χ0v) is 13.9. The number of nitrogens with zero attached hydrogens (tertiary/aromatic N) is 3. The van der Waals surface area contributed by atoms with Gasteiger partial charge in [-0.3, -0.25) is 4.90 Å². The lowest BCUT2D eigenvalue weighted by atomic mass is 10.2. The van der Waals surface area contributed by atoms with Crippen LogP contribution in [0.25, 0.3) is 0 Å². The molecule has 1 saturated heterocycles. The van der Waals surface area contributed by atoms with Crippen molar-refractivity contribution < 1.29 is 14.6 Å². The van der Waals surface area contributed by atoms with Crippen LogP contribution in [0.1, 0.15) is 29.0 Å². The van der Waals surface area contributed by atoms with Gasteiger partial charge in [0.15, 0.2) is 0 Å². The Morgan fingerprint density at radius 2 is 2.25 bits per heavy atom. The third-order valence-electron chi connectivity index (χ3n) is 4.58. The molecule has 6 heteroatoms. The van der Waals surface area contributed by atoms with Crippen LogP contribution in [0.3, 0.4) is 0 Å². The molecule has 0 bridgehead atoms. The van der Waals surface area contributed by atoms with Crippen LogP contribution in [0.4, 0.5) is 0 Å². The molecule has 1 aromatic carbocycles. The van der Waals surface area contributed by atoms with E-state index in [1.807, 2.05) is 19.3 Å². The fourth-order valence-electron chi connectivity index (χ4n) is 3.26. The molecule has 0 spiro atoms. The lowest BCUT2D eigenvalue weighted by Crippen LogP contribution is -2.36. The number of carboxylic acids is 1. The van der Waals surface area contributed by atoms with E-state index < -0.39 is 5.97 Å². The van der Waals surface area contributed by atoms with Crippen molar-refractivity contribution in [3.05, 3.63) is 48.0 Å². The molecule has 6 nitrogen and oxygen atoms in total. The summed E-state index contributed by atoms with van der Waals surface area (Å²) in [5, 5.41) is 9.19. The quantitative estimate of drug-likeness (QED) is 0.845. The largest absolute Gasteiger partial charge is 0.491 e. The van der Waals surface area contributed by atoms with E-state index in [1.165, 1.54) is 12.8 Å². The van der Waals surface area contributed by atoms with Crippen molar-refractivity contribution in [2.75, 3.05) is 19.7 Å². The second-order valence-electron chi connectivity index (χ2n) is 6.11. The number of aromatic nitrogens is 2. The zero-order valence-electron chi connectivity index (χ0n) is 13.9. The van der Waals surface area contributed by atoms with Gasteiger partial charge in [0.1, 0.15) is 23.7 Å². The number of carboxylic acid groups (broad SMARTS) is 1. The summed E-state index contributed by atoms with van der Waals surface area (Å²) in [7, 11) is 0. The van der Waals surface area contributed by atoms with Crippen LogP contribution in [-0.2, 0) is 6.54 Å². The van der Waals surface area contributed by atoms with Gasteiger partial charge >= 0.3 is 5.97 Å². The Morgan fingerprint density at radius 1 is 1.42 bits per heavy atom. The summed E-state index contributed by atoms with van der Waals surface area (Å²) in [5.41, 5.74) is 0.213. The van der Waals surface area contributed by atoms with E-state index in [0.717, 1.165) is 25.5 Å². The van der Waals surface area contributed by atoms with Gasteiger partial charge in [0, 0.05) is 31.5 Å². The number of benzene rings is 1. The topological polar surface area (TPSA) is 67.6 Å². The van der Waals surface area contributed by atoms with Gasteiger partial charge in [0.25, 0.3) is 0 Å². The standard InChI is InChI=1S/C18H23N3O3/c1-14-19-8-10-21(14)13-15-5-4-9-20(15)11-12-24-17-7-3-2-6-16(17)18(22)23/h2-3,6-8,10,15H,4-5,9,11-13H2,1H3,(H,22,23). The molecule has 1 aromatic heterocycles. The Kier molecular flexibility index (Phi) is 5.15. The molecule has 1 unspecified atom stereocenters. The highest BCUT2D eigenvalue weighted by Gasteiger charge is 2.25. The minimum absolute atomic E-state index is 0.213. The second-order valence-corrected chi connectivity index (χ2v) is 6.11. The Labute approximate surface area is 141 Å². The molecule has 2 aromatic rings. The molecule has 3 rings (SSSR count). The molecule has 0 saturated carbocycles. The Balaban J connectivity index is 1.54. The van der Waals surface area contributed by atoms with Gasteiger partial charge in [-0.05, 0) is 38.4 Å². The molecular weight excluding hydrogens is 306 g/mol. The summed E-state index contributed by atoms with van der Waals surface area (Å²) >= 11 is 0. The smallest absolute Gasteiger partial charge is 0.339 e. The first-order valence-corrected chi connectivity index (χ1v) is 8.32. The lowest BCUT2D eigenvalue weighted by molar-refractivity contribution is 0.0691. The Morgan fingerprint density at radius 3 is 3.00 bits per heavy atom. The van der Waals surface area contributed by atoms with Crippen molar-refractivity contribution in [2.45, 2.75) is 32.4 Å². The normalized spacial score (nSPS) is 18.0. The van der Waals surface area contributed by atoms with Crippen LogP contribution in [-0.4, -0.2) is 51.3 Å². The molecule has 1 N–H and O–H groups in total. The summed E-state index contributed by atoms with van der Waals surface area (Å²) in [6.45, 7) is 5.31. The van der Waals surface area contributed by atoms with Gasteiger partial charge in [-0.15, -0.1) is 0 Å². The maximum Gasteiger partial charge on any atom is 0.339 e. The molecule has 0 aliphatic carbocycles. The van der Waals surface area contributed by atoms with E-state index in [0.29, 0.717) is 18.4 Å². The first-order valence-electron chi connectivity index (χ1n) is 8.32. The number of aromatic carboxylic acids is 1. The summed E-state index contributed by atoms with van der Waals surface area (Å²) in [6.07, 6.45) is 6.21. The van der Waals surface area contributed by atoms with Gasteiger partial charge in [0.05, 0.1) is 0 Å². The SMILES string of the molecule is Cc1nccn1CC1CCCN1CCOc1ccccc1C(=O)O. The van der Waals surface area contributed by atoms with Gasteiger partial charge in [-0.1, -0.05) is 12.1 Å². The zero-order chi connectivity index (χ0) is 16.9. The molecule has 0 radical (unpaired) electrons. The molecule has 24 heavy (non-hydrogen) atoms. The average molecular weight is 329 g/mol. The lowest BCUT2D eigenvalue weighted by Gasteiger charge is -2.25. The first-order chi connectivity index (χ1) is 11.6. The van der Waals surface area contributed by atoms with E-state index in [-0.39, 0.29) is 5.56 Å². The number of ether oxygens (including phenoxy) is 1. The first kappa shape index (κ1) is 16.5. The number of hydrogen-bond donors (Lipinski definition) is 1. The van der Waals surface area contributed by atoms with Crippen LogP contribution in [0.5, 0.6) is 5.75 Å². The number of likely N-dealkylation sites (tertiary alicyclic amines) is 1. The Bertz CT molecular complexity index is 698. The number of para-hydroxylation sites is 1. The maximum absolute atomic E-state index is 11.2. The number of rotatable bonds is 7. The van der Waals surface area contributed by atoms with E-state index in [9.17, 15) is 9.90 Å². The number of aryl methyl sites for hydroxylation is 1. The molecule has 1 aliphatic rings. The van der Waals surface area contributed by atoms with Crippen LogP contribution in [0.2, 0.25) is 0 Å². The molecule has 1 atom stereocenters. The molecule has 2 heterocycles. The summed E-state index contributed by atoms with van der Waals surface area (Å²) in [5.74, 6) is 0.514. The molecule has 1 fully saturated rings. The second kappa shape index (κ2) is 7.49. The molecule has 0 amide bonds. The maximum atomic E-state index is 11.2. The van der Waals surface area contributed by atoms with Crippen molar-refractivity contribution in [3.8, 4) is 5.75 Å². The molecular formula is C18H23N3O3. The highest BCUT2D eigenvalue weighted by Crippen LogP contribution is 2.21. The van der Waals surface area contributed by atoms with E-state index in [2.05, 4.69) is 14.5 Å². The van der Waals surface area contributed by atoms with Gasteiger partial charge in [0.2, 0.25) is 0 Å². The predicted octanol–water partition coefficient (Wildman–Crippen LogP) is 2.43. The number of imidazole rings is 1. The van der Waals surface area contributed by atoms with Crippen molar-refractivity contribution in [2.24, 2.45) is 0 Å².